The lowest BCUT2D eigenvalue weighted by Gasteiger charge is -2.52. The lowest BCUT2D eigenvalue weighted by molar-refractivity contribution is -0.112. The molecule has 0 amide bonds. The van der Waals surface area contributed by atoms with Crippen LogP contribution in [-0.2, 0) is 9.47 Å². The maximum atomic E-state index is 6.46. The van der Waals surface area contributed by atoms with Crippen LogP contribution >= 0.6 is 31.9 Å². The van der Waals surface area contributed by atoms with Gasteiger partial charge in [0, 0.05) is 15.7 Å². The van der Waals surface area contributed by atoms with Gasteiger partial charge in [-0.1, -0.05) is 45.7 Å². The molecule has 1 aliphatic carbocycles. The number of alkyl halides is 1. The molecule has 0 aromatic heterocycles. The highest BCUT2D eigenvalue weighted by Gasteiger charge is 2.65. The Morgan fingerprint density at radius 2 is 1.95 bits per heavy atom. The Morgan fingerprint density at radius 1 is 1.26 bits per heavy atom. The van der Waals surface area contributed by atoms with Crippen molar-refractivity contribution in [2.45, 2.75) is 69.1 Å². The summed E-state index contributed by atoms with van der Waals surface area (Å²) in [6, 6.07) is 0. The second-order valence-corrected chi connectivity index (χ2v) is 8.78. The van der Waals surface area contributed by atoms with E-state index in [1.165, 1.54) is 0 Å². The largest absolute Gasteiger partial charge is 0.488 e. The third-order valence-electron chi connectivity index (χ3n) is 5.66. The van der Waals surface area contributed by atoms with Crippen LogP contribution in [0, 0.1) is 11.3 Å². The van der Waals surface area contributed by atoms with E-state index in [1.54, 1.807) is 0 Å². The van der Waals surface area contributed by atoms with E-state index in [0.29, 0.717) is 16.8 Å². The van der Waals surface area contributed by atoms with Crippen LogP contribution in [0.15, 0.2) is 10.7 Å². The first-order valence-electron chi connectivity index (χ1n) is 7.06. The molecule has 3 aliphatic rings. The maximum Gasteiger partial charge on any atom is 0.149 e. The lowest BCUT2D eigenvalue weighted by atomic mass is 9.60. The maximum absolute atomic E-state index is 6.46. The molecule has 4 heteroatoms. The van der Waals surface area contributed by atoms with Crippen molar-refractivity contribution in [1.29, 1.82) is 0 Å². The van der Waals surface area contributed by atoms with Crippen LogP contribution < -0.4 is 0 Å². The molecule has 5 atom stereocenters. The van der Waals surface area contributed by atoms with E-state index >= 15 is 0 Å². The third-order valence-corrected chi connectivity index (χ3v) is 7.72. The molecule has 2 aliphatic heterocycles. The minimum atomic E-state index is -0.207. The van der Waals surface area contributed by atoms with E-state index in [1.807, 2.05) is 4.99 Å². The fraction of sp³-hybridized carbons (Fsp3) is 0.867. The number of halogens is 2. The summed E-state index contributed by atoms with van der Waals surface area (Å²) in [7, 11) is 0. The third kappa shape index (κ3) is 1.96. The Bertz CT molecular complexity index is 434. The highest BCUT2D eigenvalue weighted by molar-refractivity contribution is 9.11. The number of ether oxygens (including phenoxy) is 2. The van der Waals surface area contributed by atoms with Gasteiger partial charge >= 0.3 is 0 Å². The van der Waals surface area contributed by atoms with Crippen molar-refractivity contribution < 1.29 is 9.47 Å². The van der Waals surface area contributed by atoms with Crippen molar-refractivity contribution >= 4 is 31.9 Å². The zero-order valence-corrected chi connectivity index (χ0v) is 15.2. The van der Waals surface area contributed by atoms with Crippen LogP contribution in [-0.4, -0.2) is 22.1 Å². The molecule has 1 saturated carbocycles. The summed E-state index contributed by atoms with van der Waals surface area (Å²) in [4.78, 5) is 2.47. The first-order valence-corrected chi connectivity index (χ1v) is 8.89. The predicted molar refractivity (Wildman–Crippen MR) is 83.6 cm³/mol. The molecule has 0 unspecified atom stereocenters. The van der Waals surface area contributed by atoms with Gasteiger partial charge in [-0.2, -0.15) is 0 Å². The molecule has 2 heterocycles. The first kappa shape index (κ1) is 14.4. The van der Waals surface area contributed by atoms with Crippen LogP contribution in [0.25, 0.3) is 0 Å². The average molecular weight is 394 g/mol. The van der Waals surface area contributed by atoms with E-state index < -0.39 is 0 Å². The van der Waals surface area contributed by atoms with Crippen LogP contribution in [0.3, 0.4) is 0 Å². The van der Waals surface area contributed by atoms with Gasteiger partial charge in [0.25, 0.3) is 0 Å². The summed E-state index contributed by atoms with van der Waals surface area (Å²) < 4.78 is 12.4. The number of hydrogen-bond acceptors (Lipinski definition) is 2. The second kappa shape index (κ2) is 4.23. The molecule has 3 fully saturated rings. The van der Waals surface area contributed by atoms with Gasteiger partial charge in [0.2, 0.25) is 0 Å². The normalized spacial score (nSPS) is 53.8. The summed E-state index contributed by atoms with van der Waals surface area (Å²) >= 11 is 7.33. The van der Waals surface area contributed by atoms with Crippen molar-refractivity contribution in [2.24, 2.45) is 11.3 Å². The molecule has 0 aromatic carbocycles. The summed E-state index contributed by atoms with van der Waals surface area (Å²) in [6.45, 7) is 9.15. The van der Waals surface area contributed by atoms with Crippen molar-refractivity contribution in [3.05, 3.63) is 10.7 Å². The van der Waals surface area contributed by atoms with E-state index in [2.05, 4.69) is 59.6 Å². The van der Waals surface area contributed by atoms with E-state index in [0.717, 1.165) is 25.0 Å². The zero-order chi connectivity index (χ0) is 14.1. The van der Waals surface area contributed by atoms with E-state index in [9.17, 15) is 0 Å². The Balaban J connectivity index is 2.00. The van der Waals surface area contributed by atoms with Gasteiger partial charge in [-0.3, -0.25) is 0 Å². The predicted octanol–water partition coefficient (Wildman–Crippen LogP) is 4.76. The molecule has 0 aromatic rings. The number of rotatable bonds is 0. The van der Waals surface area contributed by atoms with Crippen LogP contribution in [0.2, 0.25) is 0 Å². The standard InChI is InChI=1S/C15H22Br2O2/c1-13(2)9-7-11-15(4,19-11)12(8-16)18-14(9,3)6-5-10(13)17/h8-11H,5-7H2,1-4H3/b12-8-/t9-,10-,11+,14-,15+/m0/s1. The van der Waals surface area contributed by atoms with Crippen molar-refractivity contribution in [3.63, 3.8) is 0 Å². The topological polar surface area (TPSA) is 21.8 Å². The van der Waals surface area contributed by atoms with Gasteiger partial charge in [-0.05, 0) is 38.5 Å². The van der Waals surface area contributed by atoms with Gasteiger partial charge in [-0.25, -0.2) is 0 Å². The highest BCUT2D eigenvalue weighted by Crippen LogP contribution is 2.60. The zero-order valence-electron chi connectivity index (χ0n) is 12.0. The van der Waals surface area contributed by atoms with E-state index in [-0.39, 0.29) is 16.6 Å². The summed E-state index contributed by atoms with van der Waals surface area (Å²) in [5.41, 5.74) is -0.0590. The summed E-state index contributed by atoms with van der Waals surface area (Å²) in [5, 5.41) is 0. The molecular weight excluding hydrogens is 372 g/mol. The minimum Gasteiger partial charge on any atom is -0.488 e. The molecule has 108 valence electrons. The van der Waals surface area contributed by atoms with Gasteiger partial charge in [0.15, 0.2) is 0 Å². The second-order valence-electron chi connectivity index (χ2n) is 7.22. The molecule has 19 heavy (non-hydrogen) atoms. The minimum absolute atomic E-state index is 0.0762. The first-order chi connectivity index (χ1) is 8.74. The smallest absolute Gasteiger partial charge is 0.149 e. The molecule has 3 rings (SSSR count). The Morgan fingerprint density at radius 3 is 2.58 bits per heavy atom. The van der Waals surface area contributed by atoms with Crippen molar-refractivity contribution in [1.82, 2.24) is 0 Å². The lowest BCUT2D eigenvalue weighted by Crippen LogP contribution is -2.53. The SMILES string of the molecule is CC1(C)[C@@H](Br)CC[C@]2(C)O/C(=C\Br)[C@]3(C)O[C@@H]3C[C@@H]12. The van der Waals surface area contributed by atoms with Gasteiger partial charge in [0.1, 0.15) is 17.0 Å². The Hall–Kier alpha value is 0.460. The van der Waals surface area contributed by atoms with Crippen LogP contribution in [0.1, 0.15) is 47.0 Å². The fourth-order valence-electron chi connectivity index (χ4n) is 4.09. The number of fused-ring (bicyclic) bond motifs is 2. The van der Waals surface area contributed by atoms with Crippen LogP contribution in [0.5, 0.6) is 0 Å². The van der Waals surface area contributed by atoms with Crippen molar-refractivity contribution in [3.8, 4) is 0 Å². The average Bonchev–Trinajstić information content (AvgIpc) is 3.00. The van der Waals surface area contributed by atoms with Gasteiger partial charge in [-0.15, -0.1) is 0 Å². The van der Waals surface area contributed by atoms with Crippen molar-refractivity contribution in [2.75, 3.05) is 0 Å². The summed E-state index contributed by atoms with van der Waals surface area (Å²) in [6.07, 6.45) is 3.66. The quantitative estimate of drug-likeness (QED) is 0.437. The summed E-state index contributed by atoms with van der Waals surface area (Å²) in [5.74, 6) is 1.47. The molecule has 2 nitrogen and oxygen atoms in total. The molecule has 0 bridgehead atoms. The Labute approximate surface area is 132 Å². The van der Waals surface area contributed by atoms with Crippen LogP contribution in [0.4, 0.5) is 0 Å². The highest BCUT2D eigenvalue weighted by atomic mass is 79.9. The van der Waals surface area contributed by atoms with Gasteiger partial charge < -0.3 is 9.47 Å². The number of hydrogen-bond donors (Lipinski definition) is 0. The van der Waals surface area contributed by atoms with E-state index in [4.69, 9.17) is 9.47 Å². The van der Waals surface area contributed by atoms with Gasteiger partial charge in [0.05, 0.1) is 6.10 Å². The molecular formula is C15H22Br2O2. The molecule has 2 saturated heterocycles. The fourth-order valence-corrected chi connectivity index (χ4v) is 5.18. The number of epoxide rings is 1. The Kier molecular flexibility index (Phi) is 3.21. The monoisotopic (exact) mass is 392 g/mol. The molecule has 0 spiro atoms. The molecule has 0 N–H and O–H groups in total. The molecule has 0 radical (unpaired) electrons.